The number of rotatable bonds is 2. The van der Waals surface area contributed by atoms with Crippen molar-refractivity contribution in [3.05, 3.63) is 35.4 Å². The summed E-state index contributed by atoms with van der Waals surface area (Å²) < 4.78 is 26.2. The molecule has 0 bridgehead atoms. The van der Waals surface area contributed by atoms with Crippen molar-refractivity contribution in [2.45, 2.75) is 24.8 Å². The van der Waals surface area contributed by atoms with Gasteiger partial charge in [0.2, 0.25) is 5.91 Å². The van der Waals surface area contributed by atoms with Crippen molar-refractivity contribution in [2.24, 2.45) is 5.73 Å². The molecule has 1 aliphatic rings. The molecule has 17 heavy (non-hydrogen) atoms. The number of halogens is 2. The molecule has 0 saturated carbocycles. The van der Waals surface area contributed by atoms with Crippen molar-refractivity contribution in [1.82, 2.24) is 5.32 Å². The second-order valence-corrected chi connectivity index (χ2v) is 4.33. The number of benzene rings is 1. The Morgan fingerprint density at radius 2 is 1.94 bits per heavy atom. The van der Waals surface area contributed by atoms with Gasteiger partial charge in [-0.05, 0) is 43.0 Å². The lowest BCUT2D eigenvalue weighted by atomic mass is 9.86. The third-order valence-corrected chi connectivity index (χ3v) is 3.10. The van der Waals surface area contributed by atoms with Crippen LogP contribution < -0.4 is 11.1 Å². The zero-order valence-electron chi connectivity index (χ0n) is 9.25. The highest BCUT2D eigenvalue weighted by Gasteiger charge is 2.26. The summed E-state index contributed by atoms with van der Waals surface area (Å²) >= 11 is 0. The van der Waals surface area contributed by atoms with Crippen molar-refractivity contribution in [3.8, 4) is 0 Å². The fourth-order valence-electron chi connectivity index (χ4n) is 2.25. The molecule has 1 aromatic carbocycles. The Bertz CT molecular complexity index is 416. The van der Waals surface area contributed by atoms with Gasteiger partial charge in [-0.25, -0.2) is 8.78 Å². The second kappa shape index (κ2) is 4.79. The number of nitrogens with two attached hydrogens (primary N) is 1. The predicted octanol–water partition coefficient (Wildman–Crippen LogP) is 1.29. The van der Waals surface area contributed by atoms with Gasteiger partial charge >= 0.3 is 0 Å². The van der Waals surface area contributed by atoms with Gasteiger partial charge in [0.1, 0.15) is 11.6 Å². The summed E-state index contributed by atoms with van der Waals surface area (Å²) in [4.78, 5) is 11.1. The van der Waals surface area contributed by atoms with Crippen LogP contribution in [0.5, 0.6) is 0 Å². The Hall–Kier alpha value is -1.49. The Labute approximate surface area is 98.0 Å². The van der Waals surface area contributed by atoms with E-state index in [0.29, 0.717) is 18.5 Å². The van der Waals surface area contributed by atoms with Gasteiger partial charge in [-0.2, -0.15) is 0 Å². The first-order valence-electron chi connectivity index (χ1n) is 5.55. The standard InChI is InChI=1S/C12H14F2N2O/c13-9-3-8(4-10(14)6-9)7-1-2-16-11(5-7)12(15)17/h3-4,6-7,11,16H,1-2,5H2,(H2,15,17). The van der Waals surface area contributed by atoms with Crippen LogP contribution in [0.25, 0.3) is 0 Å². The third-order valence-electron chi connectivity index (χ3n) is 3.10. The maximum atomic E-state index is 13.1. The topological polar surface area (TPSA) is 55.1 Å². The summed E-state index contributed by atoms with van der Waals surface area (Å²) in [5.41, 5.74) is 5.81. The average Bonchev–Trinajstić information content (AvgIpc) is 2.28. The molecule has 3 nitrogen and oxygen atoms in total. The predicted molar refractivity (Wildman–Crippen MR) is 59.3 cm³/mol. The van der Waals surface area contributed by atoms with Crippen LogP contribution in [0, 0.1) is 11.6 Å². The van der Waals surface area contributed by atoms with Crippen LogP contribution in [-0.2, 0) is 4.79 Å². The number of hydrogen-bond acceptors (Lipinski definition) is 2. The van der Waals surface area contributed by atoms with Crippen LogP contribution in [0.2, 0.25) is 0 Å². The van der Waals surface area contributed by atoms with Crippen LogP contribution in [-0.4, -0.2) is 18.5 Å². The summed E-state index contributed by atoms with van der Waals surface area (Å²) in [5.74, 6) is -1.63. The molecule has 0 aliphatic carbocycles. The molecule has 1 amide bonds. The van der Waals surface area contributed by atoms with E-state index in [2.05, 4.69) is 5.32 Å². The van der Waals surface area contributed by atoms with Gasteiger partial charge in [0.25, 0.3) is 0 Å². The van der Waals surface area contributed by atoms with Crippen molar-refractivity contribution < 1.29 is 13.6 Å². The first kappa shape index (κ1) is 12.0. The number of primary amides is 1. The molecule has 2 unspecified atom stereocenters. The molecule has 0 spiro atoms. The lowest BCUT2D eigenvalue weighted by Gasteiger charge is -2.28. The fourth-order valence-corrected chi connectivity index (χ4v) is 2.25. The monoisotopic (exact) mass is 240 g/mol. The van der Waals surface area contributed by atoms with E-state index in [9.17, 15) is 13.6 Å². The molecule has 3 N–H and O–H groups in total. The van der Waals surface area contributed by atoms with E-state index in [1.165, 1.54) is 12.1 Å². The zero-order valence-corrected chi connectivity index (χ0v) is 9.25. The molecule has 0 radical (unpaired) electrons. The van der Waals surface area contributed by atoms with Gasteiger partial charge in [0.15, 0.2) is 0 Å². The Kier molecular flexibility index (Phi) is 3.38. The Morgan fingerprint density at radius 3 is 2.53 bits per heavy atom. The molecule has 1 heterocycles. The van der Waals surface area contributed by atoms with Gasteiger partial charge in [0.05, 0.1) is 6.04 Å². The Morgan fingerprint density at radius 1 is 1.29 bits per heavy atom. The largest absolute Gasteiger partial charge is 0.368 e. The Balaban J connectivity index is 2.18. The van der Waals surface area contributed by atoms with Crippen LogP contribution in [0.3, 0.4) is 0 Å². The van der Waals surface area contributed by atoms with Crippen LogP contribution >= 0.6 is 0 Å². The van der Waals surface area contributed by atoms with Crippen molar-refractivity contribution >= 4 is 5.91 Å². The third kappa shape index (κ3) is 2.79. The molecule has 2 rings (SSSR count). The van der Waals surface area contributed by atoms with Gasteiger partial charge < -0.3 is 11.1 Å². The number of carbonyl (C=O) groups excluding carboxylic acids is 1. The molecular weight excluding hydrogens is 226 g/mol. The van der Waals surface area contributed by atoms with Gasteiger partial charge in [0, 0.05) is 6.07 Å². The van der Waals surface area contributed by atoms with Gasteiger partial charge in [-0.15, -0.1) is 0 Å². The van der Waals surface area contributed by atoms with E-state index in [0.717, 1.165) is 12.5 Å². The number of hydrogen-bond donors (Lipinski definition) is 2. The zero-order chi connectivity index (χ0) is 12.4. The van der Waals surface area contributed by atoms with E-state index >= 15 is 0 Å². The molecule has 0 aromatic heterocycles. The lowest BCUT2D eigenvalue weighted by Crippen LogP contribution is -2.46. The van der Waals surface area contributed by atoms with E-state index in [-0.39, 0.29) is 5.92 Å². The highest BCUT2D eigenvalue weighted by atomic mass is 19.1. The van der Waals surface area contributed by atoms with Crippen molar-refractivity contribution in [3.63, 3.8) is 0 Å². The summed E-state index contributed by atoms with van der Waals surface area (Å²) in [6, 6.07) is 3.06. The lowest BCUT2D eigenvalue weighted by molar-refractivity contribution is -0.120. The summed E-state index contributed by atoms with van der Waals surface area (Å²) in [6.07, 6.45) is 1.23. The molecule has 5 heteroatoms. The van der Waals surface area contributed by atoms with Crippen LogP contribution in [0.4, 0.5) is 8.78 Å². The number of amides is 1. The number of carbonyl (C=O) groups is 1. The molecule has 92 valence electrons. The highest BCUT2D eigenvalue weighted by Crippen LogP contribution is 2.28. The molecule has 1 fully saturated rings. The van der Waals surface area contributed by atoms with Crippen LogP contribution in [0.15, 0.2) is 18.2 Å². The molecule has 1 aliphatic heterocycles. The normalized spacial score (nSPS) is 24.6. The van der Waals surface area contributed by atoms with Gasteiger partial charge in [-0.1, -0.05) is 0 Å². The summed E-state index contributed by atoms with van der Waals surface area (Å²) in [7, 11) is 0. The quantitative estimate of drug-likeness (QED) is 0.818. The number of nitrogens with one attached hydrogen (secondary N) is 1. The smallest absolute Gasteiger partial charge is 0.234 e. The molecule has 2 atom stereocenters. The summed E-state index contributed by atoms with van der Waals surface area (Å²) in [6.45, 7) is 0.621. The van der Waals surface area contributed by atoms with E-state index in [1.807, 2.05) is 0 Å². The maximum absolute atomic E-state index is 13.1. The highest BCUT2D eigenvalue weighted by molar-refractivity contribution is 5.80. The first-order valence-corrected chi connectivity index (χ1v) is 5.55. The second-order valence-electron chi connectivity index (χ2n) is 4.33. The van der Waals surface area contributed by atoms with Gasteiger partial charge in [-0.3, -0.25) is 4.79 Å². The first-order chi connectivity index (χ1) is 8.06. The number of piperidine rings is 1. The average molecular weight is 240 g/mol. The minimum absolute atomic E-state index is 0.0288. The molecule has 1 aromatic rings. The van der Waals surface area contributed by atoms with Crippen molar-refractivity contribution in [1.29, 1.82) is 0 Å². The summed E-state index contributed by atoms with van der Waals surface area (Å²) in [5, 5.41) is 2.99. The van der Waals surface area contributed by atoms with E-state index in [4.69, 9.17) is 5.73 Å². The van der Waals surface area contributed by atoms with E-state index in [1.54, 1.807) is 0 Å². The fraction of sp³-hybridized carbons (Fsp3) is 0.417. The molecular formula is C12H14F2N2O. The maximum Gasteiger partial charge on any atom is 0.234 e. The minimum Gasteiger partial charge on any atom is -0.368 e. The van der Waals surface area contributed by atoms with Crippen LogP contribution in [0.1, 0.15) is 24.3 Å². The molecule has 1 saturated heterocycles. The van der Waals surface area contributed by atoms with E-state index < -0.39 is 23.6 Å². The minimum atomic E-state index is -0.589. The SMILES string of the molecule is NC(=O)C1CC(c2cc(F)cc(F)c2)CCN1. The van der Waals surface area contributed by atoms with Crippen molar-refractivity contribution in [2.75, 3.05) is 6.54 Å².